The maximum absolute atomic E-state index is 4.62. The number of anilines is 1. The Morgan fingerprint density at radius 1 is 1.12 bits per heavy atom. The zero-order valence-corrected chi connectivity index (χ0v) is 15.2. The first-order chi connectivity index (χ1) is 12.3. The number of nitrogens with one attached hydrogen (secondary N) is 1. The first kappa shape index (κ1) is 15.3. The summed E-state index contributed by atoms with van der Waals surface area (Å²) in [6, 6.07) is 9.54. The van der Waals surface area contributed by atoms with Crippen LogP contribution in [0.4, 0.5) is 5.95 Å². The molecular formula is C20H22N4S. The summed E-state index contributed by atoms with van der Waals surface area (Å²) in [5.74, 6) is 1.51. The van der Waals surface area contributed by atoms with Gasteiger partial charge in [-0.3, -0.25) is 4.90 Å². The van der Waals surface area contributed by atoms with Gasteiger partial charge in [-0.15, -0.1) is 11.3 Å². The third-order valence-electron chi connectivity index (χ3n) is 5.92. The molecule has 1 aromatic carbocycles. The Labute approximate surface area is 151 Å². The molecule has 3 aliphatic rings. The van der Waals surface area contributed by atoms with Crippen molar-refractivity contribution in [1.29, 1.82) is 0 Å². The number of thiophene rings is 1. The van der Waals surface area contributed by atoms with E-state index >= 15 is 0 Å². The molecule has 2 bridgehead atoms. The van der Waals surface area contributed by atoms with E-state index in [9.17, 15) is 0 Å². The minimum absolute atomic E-state index is 0.468. The van der Waals surface area contributed by atoms with Gasteiger partial charge in [0.15, 0.2) is 0 Å². The third-order valence-corrected chi connectivity index (χ3v) is 6.88. The van der Waals surface area contributed by atoms with Crippen molar-refractivity contribution in [3.8, 4) is 11.1 Å². The maximum atomic E-state index is 4.62. The van der Waals surface area contributed by atoms with Gasteiger partial charge < -0.3 is 5.32 Å². The topological polar surface area (TPSA) is 41.1 Å². The van der Waals surface area contributed by atoms with Crippen molar-refractivity contribution in [3.63, 3.8) is 0 Å². The van der Waals surface area contributed by atoms with Crippen LogP contribution in [0.15, 0.2) is 42.0 Å². The Kier molecular flexibility index (Phi) is 3.71. The summed E-state index contributed by atoms with van der Waals surface area (Å²) in [5, 5.41) is 7.09. The highest BCUT2D eigenvalue weighted by atomic mass is 32.1. The van der Waals surface area contributed by atoms with E-state index in [1.54, 1.807) is 11.3 Å². The predicted molar refractivity (Wildman–Crippen MR) is 104 cm³/mol. The molecule has 1 N–H and O–H groups in total. The Morgan fingerprint density at radius 3 is 2.64 bits per heavy atom. The molecule has 4 nitrogen and oxygen atoms in total. The van der Waals surface area contributed by atoms with Crippen LogP contribution in [0.5, 0.6) is 0 Å². The minimum Gasteiger partial charge on any atom is -0.350 e. The van der Waals surface area contributed by atoms with Crippen LogP contribution in [0.25, 0.3) is 21.2 Å². The van der Waals surface area contributed by atoms with Crippen LogP contribution < -0.4 is 5.32 Å². The Bertz CT molecular complexity index is 878. The predicted octanol–water partition coefficient (Wildman–Crippen LogP) is 4.25. The molecule has 0 unspecified atom stereocenters. The number of benzene rings is 1. The number of hydrogen-bond donors (Lipinski definition) is 1. The van der Waals surface area contributed by atoms with Gasteiger partial charge in [-0.2, -0.15) is 0 Å². The molecule has 3 aliphatic heterocycles. The van der Waals surface area contributed by atoms with E-state index in [4.69, 9.17) is 0 Å². The van der Waals surface area contributed by atoms with Gasteiger partial charge in [0.25, 0.3) is 0 Å². The van der Waals surface area contributed by atoms with E-state index in [1.807, 2.05) is 12.4 Å². The van der Waals surface area contributed by atoms with Crippen molar-refractivity contribution < 1.29 is 0 Å². The molecule has 0 spiro atoms. The molecule has 6 rings (SSSR count). The molecule has 0 aliphatic carbocycles. The van der Waals surface area contributed by atoms with Crippen molar-refractivity contribution in [2.24, 2.45) is 5.92 Å². The number of rotatable bonds is 3. The third kappa shape index (κ3) is 2.62. The van der Waals surface area contributed by atoms with E-state index < -0.39 is 0 Å². The van der Waals surface area contributed by atoms with Crippen molar-refractivity contribution in [3.05, 3.63) is 42.0 Å². The van der Waals surface area contributed by atoms with Crippen molar-refractivity contribution in [2.75, 3.05) is 18.4 Å². The summed E-state index contributed by atoms with van der Waals surface area (Å²) in [6.45, 7) is 4.82. The van der Waals surface area contributed by atoms with Gasteiger partial charge in [-0.25, -0.2) is 9.97 Å². The number of hydrogen-bond acceptors (Lipinski definition) is 5. The molecule has 2 atom stereocenters. The van der Waals surface area contributed by atoms with Crippen LogP contribution in [0.1, 0.15) is 19.8 Å². The quantitative estimate of drug-likeness (QED) is 0.766. The lowest BCUT2D eigenvalue weighted by molar-refractivity contribution is 0.0455. The lowest BCUT2D eigenvalue weighted by Gasteiger charge is -2.49. The number of aromatic nitrogens is 2. The summed E-state index contributed by atoms with van der Waals surface area (Å²) in [7, 11) is 0. The van der Waals surface area contributed by atoms with Crippen molar-refractivity contribution >= 4 is 27.4 Å². The van der Waals surface area contributed by atoms with E-state index in [0.717, 1.165) is 17.4 Å². The summed E-state index contributed by atoms with van der Waals surface area (Å²) >= 11 is 1.77. The summed E-state index contributed by atoms with van der Waals surface area (Å²) in [5.41, 5.74) is 2.31. The van der Waals surface area contributed by atoms with Gasteiger partial charge in [-0.1, -0.05) is 18.2 Å². The lowest BCUT2D eigenvalue weighted by atomic mass is 9.79. The normalized spacial score (nSPS) is 28.4. The summed E-state index contributed by atoms with van der Waals surface area (Å²) in [6.07, 6.45) is 6.49. The summed E-state index contributed by atoms with van der Waals surface area (Å²) < 4.78 is 1.31. The fraction of sp³-hybridized carbons (Fsp3) is 0.400. The van der Waals surface area contributed by atoms with E-state index in [2.05, 4.69) is 56.8 Å². The Balaban J connectivity index is 1.39. The fourth-order valence-electron chi connectivity index (χ4n) is 4.44. The molecule has 3 fully saturated rings. The molecular weight excluding hydrogens is 328 g/mol. The zero-order chi connectivity index (χ0) is 16.8. The fourth-order valence-corrected chi connectivity index (χ4v) is 5.41. The van der Waals surface area contributed by atoms with Crippen LogP contribution in [0.3, 0.4) is 0 Å². The standard InChI is InChI=1S/C20H22N4S/c1-13-19(14-6-8-24(13)9-7-14)23-20-21-10-15(11-22-20)17-12-25-18-5-3-2-4-16(17)18/h2-5,10-14,19H,6-9H2,1H3,(H,21,22,23)/t13-,19+/m1/s1. The van der Waals surface area contributed by atoms with Gasteiger partial charge >= 0.3 is 0 Å². The molecule has 0 radical (unpaired) electrons. The minimum atomic E-state index is 0.468. The number of piperidine rings is 3. The molecule has 2 aromatic heterocycles. The van der Waals surface area contributed by atoms with Crippen LogP contribution in [0, 0.1) is 5.92 Å². The molecule has 0 saturated carbocycles. The van der Waals surface area contributed by atoms with E-state index in [0.29, 0.717) is 12.1 Å². The van der Waals surface area contributed by atoms with Crippen LogP contribution in [-0.2, 0) is 0 Å². The molecule has 3 saturated heterocycles. The second kappa shape index (κ2) is 6.07. The van der Waals surface area contributed by atoms with Gasteiger partial charge in [-0.05, 0) is 50.2 Å². The Morgan fingerprint density at radius 2 is 1.88 bits per heavy atom. The number of nitrogens with zero attached hydrogens (tertiary/aromatic N) is 3. The van der Waals surface area contributed by atoms with Crippen molar-refractivity contribution in [2.45, 2.75) is 31.8 Å². The zero-order valence-electron chi connectivity index (χ0n) is 14.4. The van der Waals surface area contributed by atoms with E-state index in [1.165, 1.54) is 41.6 Å². The molecule has 25 heavy (non-hydrogen) atoms. The van der Waals surface area contributed by atoms with Gasteiger partial charge in [0, 0.05) is 45.7 Å². The number of fused-ring (bicyclic) bond motifs is 4. The van der Waals surface area contributed by atoms with Crippen LogP contribution in [0.2, 0.25) is 0 Å². The lowest BCUT2D eigenvalue weighted by Crippen LogP contribution is -2.59. The average molecular weight is 350 g/mol. The second-order valence-corrected chi connectivity index (χ2v) is 8.14. The molecule has 5 heterocycles. The Hall–Kier alpha value is -1.98. The highest BCUT2D eigenvalue weighted by Gasteiger charge is 2.39. The smallest absolute Gasteiger partial charge is 0.222 e. The van der Waals surface area contributed by atoms with Crippen molar-refractivity contribution in [1.82, 2.24) is 14.9 Å². The van der Waals surface area contributed by atoms with Crippen LogP contribution >= 0.6 is 11.3 Å². The van der Waals surface area contributed by atoms with E-state index in [-0.39, 0.29) is 0 Å². The van der Waals surface area contributed by atoms with Gasteiger partial charge in [0.05, 0.1) is 0 Å². The van der Waals surface area contributed by atoms with Gasteiger partial charge in [0.2, 0.25) is 5.95 Å². The highest BCUT2D eigenvalue weighted by molar-refractivity contribution is 7.17. The first-order valence-electron chi connectivity index (χ1n) is 9.09. The molecule has 0 amide bonds. The molecule has 3 aromatic rings. The largest absolute Gasteiger partial charge is 0.350 e. The SMILES string of the molecule is C[C@@H]1[C@H](Nc2ncc(-c3csc4ccccc34)cn2)C2CCN1CC2. The van der Waals surface area contributed by atoms with Gasteiger partial charge in [0.1, 0.15) is 0 Å². The molecule has 5 heteroatoms. The second-order valence-electron chi connectivity index (χ2n) is 7.23. The van der Waals surface area contributed by atoms with Crippen LogP contribution in [-0.4, -0.2) is 40.0 Å². The molecule has 128 valence electrons. The average Bonchev–Trinajstić information content (AvgIpc) is 3.10. The first-order valence-corrected chi connectivity index (χ1v) is 9.97. The highest BCUT2D eigenvalue weighted by Crippen LogP contribution is 2.35. The summed E-state index contributed by atoms with van der Waals surface area (Å²) in [4.78, 5) is 11.8. The monoisotopic (exact) mass is 350 g/mol. The maximum Gasteiger partial charge on any atom is 0.222 e.